The van der Waals surface area contributed by atoms with Gasteiger partial charge in [-0.3, -0.25) is 9.59 Å². The van der Waals surface area contributed by atoms with E-state index in [0.717, 1.165) is 0 Å². The van der Waals surface area contributed by atoms with Gasteiger partial charge in [0.2, 0.25) is 0 Å². The molecule has 1 rings (SSSR count). The molecule has 0 aromatic rings. The Morgan fingerprint density at radius 1 is 1.09 bits per heavy atom. The van der Waals surface area contributed by atoms with Crippen molar-refractivity contribution in [3.05, 3.63) is 0 Å². The first kappa shape index (κ1) is 10.1. The van der Waals surface area contributed by atoms with Crippen LogP contribution in [0.2, 0.25) is 0 Å². The Bertz CT molecular complexity index is 131. The number of carbonyl (C=O) groups is 2. The van der Waals surface area contributed by atoms with Gasteiger partial charge in [0.05, 0.1) is 12.8 Å². The fourth-order valence-electron chi connectivity index (χ4n) is 0.433. The van der Waals surface area contributed by atoms with Gasteiger partial charge in [0.25, 0.3) is 0 Å². The number of ether oxygens (including phenoxy) is 1. The van der Waals surface area contributed by atoms with Gasteiger partial charge in [-0.15, -0.1) is 0 Å². The van der Waals surface area contributed by atoms with Crippen LogP contribution < -0.4 is 11.5 Å². The molecule has 0 atom stereocenters. The van der Waals surface area contributed by atoms with E-state index in [1.807, 2.05) is 0 Å². The summed E-state index contributed by atoms with van der Waals surface area (Å²) in [7, 11) is 0. The molecule has 0 radical (unpaired) electrons. The van der Waals surface area contributed by atoms with Crippen LogP contribution in [0.15, 0.2) is 0 Å². The second-order valence-corrected chi connectivity index (χ2v) is 1.92. The summed E-state index contributed by atoms with van der Waals surface area (Å²) in [5.41, 5.74) is 9.81. The third kappa shape index (κ3) is 5.50. The average Bonchev–Trinajstić information content (AvgIpc) is 2.35. The van der Waals surface area contributed by atoms with Gasteiger partial charge in [-0.05, 0) is 0 Å². The predicted molar refractivity (Wildman–Crippen MR) is 38.4 cm³/mol. The fourth-order valence-corrected chi connectivity index (χ4v) is 0.433. The Balaban J connectivity index is 0.000000218. The first-order valence-corrected chi connectivity index (χ1v) is 3.34. The number of nitrogens with two attached hydrogens (primary N) is 2. The smallest absolute Gasteiger partial charge is 0.314 e. The number of esters is 2. The summed E-state index contributed by atoms with van der Waals surface area (Å²) >= 11 is 0. The minimum absolute atomic E-state index is 0.263. The van der Waals surface area contributed by atoms with Crippen molar-refractivity contribution in [2.45, 2.75) is 12.8 Å². The highest BCUT2D eigenvalue weighted by Crippen LogP contribution is 2.03. The number of cyclic esters (lactones) is 2. The number of rotatable bonds is 1. The molecule has 0 saturated carbocycles. The van der Waals surface area contributed by atoms with Crippen molar-refractivity contribution >= 4 is 11.9 Å². The lowest BCUT2D eigenvalue weighted by Crippen LogP contribution is -2.11. The third-order valence-electron chi connectivity index (χ3n) is 0.928. The summed E-state index contributed by atoms with van der Waals surface area (Å²) in [6.45, 7) is 1.19. The third-order valence-corrected chi connectivity index (χ3v) is 0.928. The maximum Gasteiger partial charge on any atom is 0.314 e. The Hall–Kier alpha value is -0.940. The van der Waals surface area contributed by atoms with Crippen molar-refractivity contribution in [3.8, 4) is 0 Å². The number of hydrogen-bond donors (Lipinski definition) is 2. The molecule has 4 N–H and O–H groups in total. The molecule has 0 bridgehead atoms. The van der Waals surface area contributed by atoms with E-state index in [-0.39, 0.29) is 12.8 Å². The maximum absolute atomic E-state index is 10.0. The Labute approximate surface area is 64.7 Å². The van der Waals surface area contributed by atoms with Crippen LogP contribution in [0.25, 0.3) is 0 Å². The highest BCUT2D eigenvalue weighted by molar-refractivity contribution is 5.92. The predicted octanol–water partition coefficient (Wildman–Crippen LogP) is -1.25. The molecule has 1 saturated heterocycles. The van der Waals surface area contributed by atoms with E-state index in [0.29, 0.717) is 13.1 Å². The zero-order valence-electron chi connectivity index (χ0n) is 6.21. The van der Waals surface area contributed by atoms with Crippen LogP contribution >= 0.6 is 0 Å². The summed E-state index contributed by atoms with van der Waals surface area (Å²) in [6.07, 6.45) is 0.525. The molecule has 1 heterocycles. The summed E-state index contributed by atoms with van der Waals surface area (Å²) < 4.78 is 4.08. The van der Waals surface area contributed by atoms with Crippen LogP contribution in [0.1, 0.15) is 12.8 Å². The van der Waals surface area contributed by atoms with E-state index in [9.17, 15) is 9.59 Å². The molecule has 64 valence electrons. The van der Waals surface area contributed by atoms with Crippen LogP contribution in [0.3, 0.4) is 0 Å². The quantitative estimate of drug-likeness (QED) is 0.369. The molecule has 5 heteroatoms. The summed E-state index contributed by atoms with van der Waals surface area (Å²) in [5.74, 6) is -0.796. The molecule has 1 aliphatic rings. The normalized spacial score (nSPS) is 15.5. The fraction of sp³-hybridized carbons (Fsp3) is 0.667. The monoisotopic (exact) mass is 160 g/mol. The average molecular weight is 160 g/mol. The van der Waals surface area contributed by atoms with Crippen LogP contribution in [0, 0.1) is 0 Å². The highest BCUT2D eigenvalue weighted by Gasteiger charge is 2.19. The molecule has 0 spiro atoms. The first-order chi connectivity index (χ1) is 5.20. The summed E-state index contributed by atoms with van der Waals surface area (Å²) in [5, 5.41) is 0. The van der Waals surface area contributed by atoms with Gasteiger partial charge in [0, 0.05) is 13.1 Å². The Kier molecular flexibility index (Phi) is 5.32. The highest BCUT2D eigenvalue weighted by atomic mass is 16.6. The van der Waals surface area contributed by atoms with Gasteiger partial charge in [0.1, 0.15) is 0 Å². The van der Waals surface area contributed by atoms with Gasteiger partial charge in [-0.1, -0.05) is 0 Å². The Morgan fingerprint density at radius 3 is 1.55 bits per heavy atom. The standard InChI is InChI=1S/C4H4O3.C2H8N2/c5-3-1-2-4(6)7-3;3-1-2-4/h1-2H2;1-4H2. The molecular weight excluding hydrogens is 148 g/mol. The minimum Gasteiger partial charge on any atom is -0.393 e. The lowest BCUT2D eigenvalue weighted by Gasteiger charge is -1.79. The van der Waals surface area contributed by atoms with Gasteiger partial charge in [-0.2, -0.15) is 0 Å². The zero-order valence-corrected chi connectivity index (χ0v) is 6.21. The van der Waals surface area contributed by atoms with Crippen LogP contribution in [-0.2, 0) is 14.3 Å². The molecule has 0 unspecified atom stereocenters. The molecule has 0 aromatic heterocycles. The van der Waals surface area contributed by atoms with E-state index in [1.54, 1.807) is 0 Å². The van der Waals surface area contributed by atoms with Gasteiger partial charge < -0.3 is 16.2 Å². The molecule has 0 aliphatic carbocycles. The van der Waals surface area contributed by atoms with Crippen LogP contribution in [0.4, 0.5) is 0 Å². The lowest BCUT2D eigenvalue weighted by atomic mass is 10.4. The largest absolute Gasteiger partial charge is 0.393 e. The van der Waals surface area contributed by atoms with Crippen LogP contribution in [0.5, 0.6) is 0 Å². The van der Waals surface area contributed by atoms with Crippen molar-refractivity contribution in [2.75, 3.05) is 13.1 Å². The van der Waals surface area contributed by atoms with Crippen molar-refractivity contribution in [3.63, 3.8) is 0 Å². The SMILES string of the molecule is NCCN.O=C1CCC(=O)O1. The van der Waals surface area contributed by atoms with Crippen molar-refractivity contribution < 1.29 is 14.3 Å². The second-order valence-electron chi connectivity index (χ2n) is 1.92. The van der Waals surface area contributed by atoms with Crippen molar-refractivity contribution in [1.29, 1.82) is 0 Å². The van der Waals surface area contributed by atoms with Crippen molar-refractivity contribution in [2.24, 2.45) is 11.5 Å². The summed E-state index contributed by atoms with van der Waals surface area (Å²) in [6, 6.07) is 0. The maximum atomic E-state index is 10.0. The number of hydrogen-bond acceptors (Lipinski definition) is 5. The van der Waals surface area contributed by atoms with E-state index in [1.165, 1.54) is 0 Å². The molecule has 11 heavy (non-hydrogen) atoms. The van der Waals surface area contributed by atoms with Gasteiger partial charge in [-0.25, -0.2) is 0 Å². The minimum atomic E-state index is -0.398. The second kappa shape index (κ2) is 5.82. The molecule has 5 nitrogen and oxygen atoms in total. The van der Waals surface area contributed by atoms with Gasteiger partial charge in [0.15, 0.2) is 0 Å². The van der Waals surface area contributed by atoms with E-state index in [4.69, 9.17) is 11.5 Å². The topological polar surface area (TPSA) is 95.4 Å². The molecular formula is C6H12N2O3. The number of carbonyl (C=O) groups excluding carboxylic acids is 2. The molecule has 0 aromatic carbocycles. The van der Waals surface area contributed by atoms with E-state index >= 15 is 0 Å². The van der Waals surface area contributed by atoms with Crippen LogP contribution in [-0.4, -0.2) is 25.0 Å². The molecule has 0 amide bonds. The lowest BCUT2D eigenvalue weighted by molar-refractivity contribution is -0.151. The molecule has 1 fully saturated rings. The summed E-state index contributed by atoms with van der Waals surface area (Å²) in [4.78, 5) is 20.0. The van der Waals surface area contributed by atoms with E-state index in [2.05, 4.69) is 4.74 Å². The molecule has 1 aliphatic heterocycles. The zero-order chi connectivity index (χ0) is 8.69. The first-order valence-electron chi connectivity index (χ1n) is 3.34. The van der Waals surface area contributed by atoms with Crippen molar-refractivity contribution in [1.82, 2.24) is 0 Å². The van der Waals surface area contributed by atoms with Gasteiger partial charge >= 0.3 is 11.9 Å². The Morgan fingerprint density at radius 2 is 1.45 bits per heavy atom. The van der Waals surface area contributed by atoms with E-state index < -0.39 is 11.9 Å².